The Morgan fingerprint density at radius 2 is 2.05 bits per heavy atom. The molecule has 0 amide bonds. The fourth-order valence-electron chi connectivity index (χ4n) is 2.36. The molecule has 2 aromatic rings. The number of hydrogen-bond acceptors (Lipinski definition) is 2. The topological polar surface area (TPSA) is 26.3 Å². The van der Waals surface area contributed by atoms with E-state index in [9.17, 15) is 4.79 Å². The average Bonchev–Trinajstić information content (AvgIpc) is 2.86. The lowest BCUT2D eigenvalue weighted by Gasteiger charge is -2.07. The smallest absolute Gasteiger partial charge is 0.170 e. The van der Waals surface area contributed by atoms with Gasteiger partial charge in [-0.1, -0.05) is 40.2 Å². The molecule has 19 heavy (non-hydrogen) atoms. The molecule has 0 spiro atoms. The molecule has 0 saturated carbocycles. The third kappa shape index (κ3) is 2.56. The van der Waals surface area contributed by atoms with E-state index in [0.29, 0.717) is 18.6 Å². The van der Waals surface area contributed by atoms with Gasteiger partial charge in [-0.3, -0.25) is 4.79 Å². The molecular formula is C16H13BrO2. The number of ketones is 1. The Morgan fingerprint density at radius 1 is 1.21 bits per heavy atom. The predicted octanol–water partition coefficient (Wildman–Crippen LogP) is 3.81. The molecule has 0 atom stereocenters. The first kappa shape index (κ1) is 12.4. The van der Waals surface area contributed by atoms with Gasteiger partial charge in [0.2, 0.25) is 0 Å². The second-order valence-electron chi connectivity index (χ2n) is 4.62. The molecule has 1 heterocycles. The van der Waals surface area contributed by atoms with Crippen molar-refractivity contribution in [3.63, 3.8) is 0 Å². The third-order valence-corrected chi connectivity index (χ3v) is 3.76. The molecule has 0 aliphatic carbocycles. The van der Waals surface area contributed by atoms with E-state index in [2.05, 4.69) is 15.9 Å². The van der Waals surface area contributed by atoms with Crippen molar-refractivity contribution in [1.29, 1.82) is 0 Å². The lowest BCUT2D eigenvalue weighted by atomic mass is 10.00. The lowest BCUT2D eigenvalue weighted by molar-refractivity contribution is 0.0990. The zero-order valence-corrected chi connectivity index (χ0v) is 11.9. The van der Waals surface area contributed by atoms with Crippen LogP contribution in [0.4, 0.5) is 0 Å². The van der Waals surface area contributed by atoms with Crippen LogP contribution in [0.15, 0.2) is 46.9 Å². The average molecular weight is 317 g/mol. The first-order chi connectivity index (χ1) is 9.24. The van der Waals surface area contributed by atoms with Crippen molar-refractivity contribution in [3.8, 4) is 5.75 Å². The highest BCUT2D eigenvalue weighted by Gasteiger charge is 2.20. The molecule has 2 aromatic carbocycles. The number of benzene rings is 2. The Balaban J connectivity index is 1.87. The molecule has 0 aromatic heterocycles. The molecule has 0 fully saturated rings. The summed E-state index contributed by atoms with van der Waals surface area (Å²) in [5.41, 5.74) is 2.85. The fourth-order valence-corrected chi connectivity index (χ4v) is 2.81. The molecule has 1 aliphatic rings. The zero-order chi connectivity index (χ0) is 13.2. The van der Waals surface area contributed by atoms with Crippen molar-refractivity contribution < 1.29 is 9.53 Å². The second-order valence-corrected chi connectivity index (χ2v) is 5.54. The zero-order valence-electron chi connectivity index (χ0n) is 10.4. The van der Waals surface area contributed by atoms with Crippen LogP contribution in [0, 0.1) is 0 Å². The van der Waals surface area contributed by atoms with Gasteiger partial charge in [0, 0.05) is 17.3 Å². The van der Waals surface area contributed by atoms with Crippen molar-refractivity contribution in [2.75, 3.05) is 6.61 Å². The van der Waals surface area contributed by atoms with E-state index in [0.717, 1.165) is 27.8 Å². The first-order valence-corrected chi connectivity index (χ1v) is 7.05. The molecule has 0 radical (unpaired) electrons. The molecule has 3 heteroatoms. The van der Waals surface area contributed by atoms with Gasteiger partial charge in [-0.25, -0.2) is 0 Å². The van der Waals surface area contributed by atoms with Crippen LogP contribution in [0.25, 0.3) is 0 Å². The fraction of sp³-hybridized carbons (Fsp3) is 0.188. The quantitative estimate of drug-likeness (QED) is 0.805. The summed E-state index contributed by atoms with van der Waals surface area (Å²) < 4.78 is 6.57. The second kappa shape index (κ2) is 5.17. The van der Waals surface area contributed by atoms with E-state index in [1.165, 1.54) is 0 Å². The van der Waals surface area contributed by atoms with Crippen LogP contribution in [0.1, 0.15) is 21.5 Å². The number of fused-ring (bicyclic) bond motifs is 1. The van der Waals surface area contributed by atoms with E-state index in [1.54, 1.807) is 0 Å². The summed E-state index contributed by atoms with van der Waals surface area (Å²) in [6, 6.07) is 13.6. The SMILES string of the molecule is O=C(Cc1cccc(Br)c1)c1cccc2c1OCC2. The number of carbonyl (C=O) groups is 1. The van der Waals surface area contributed by atoms with E-state index in [-0.39, 0.29) is 5.78 Å². The van der Waals surface area contributed by atoms with Gasteiger partial charge in [-0.15, -0.1) is 0 Å². The highest BCUT2D eigenvalue weighted by molar-refractivity contribution is 9.10. The number of para-hydroxylation sites is 1. The normalized spacial score (nSPS) is 12.9. The Bertz CT molecular complexity index is 634. The number of rotatable bonds is 3. The minimum atomic E-state index is 0.108. The molecule has 0 unspecified atom stereocenters. The van der Waals surface area contributed by atoms with E-state index in [4.69, 9.17) is 4.74 Å². The molecule has 0 N–H and O–H groups in total. The van der Waals surface area contributed by atoms with Crippen LogP contribution < -0.4 is 4.74 Å². The Labute approximate surface area is 120 Å². The summed E-state index contributed by atoms with van der Waals surface area (Å²) in [5.74, 6) is 0.888. The van der Waals surface area contributed by atoms with E-state index < -0.39 is 0 Å². The monoisotopic (exact) mass is 316 g/mol. The predicted molar refractivity (Wildman–Crippen MR) is 77.8 cm³/mol. The molecule has 1 aliphatic heterocycles. The Hall–Kier alpha value is -1.61. The number of carbonyl (C=O) groups excluding carboxylic acids is 1. The van der Waals surface area contributed by atoms with Crippen LogP contribution in [-0.2, 0) is 12.8 Å². The third-order valence-electron chi connectivity index (χ3n) is 3.27. The van der Waals surface area contributed by atoms with Gasteiger partial charge in [-0.2, -0.15) is 0 Å². The maximum atomic E-state index is 12.4. The number of ether oxygens (including phenoxy) is 1. The highest BCUT2D eigenvalue weighted by atomic mass is 79.9. The number of Topliss-reactive ketones (excluding diaryl/α,β-unsaturated/α-hetero) is 1. The van der Waals surface area contributed by atoms with Gasteiger partial charge in [0.25, 0.3) is 0 Å². The van der Waals surface area contributed by atoms with Gasteiger partial charge in [0.15, 0.2) is 5.78 Å². The highest BCUT2D eigenvalue weighted by Crippen LogP contribution is 2.30. The molecular weight excluding hydrogens is 304 g/mol. The largest absolute Gasteiger partial charge is 0.492 e. The summed E-state index contributed by atoms with van der Waals surface area (Å²) in [6.45, 7) is 0.677. The maximum Gasteiger partial charge on any atom is 0.170 e. The van der Waals surface area contributed by atoms with Crippen LogP contribution in [0.3, 0.4) is 0 Å². The summed E-state index contributed by atoms with van der Waals surface area (Å²) >= 11 is 3.42. The molecule has 0 bridgehead atoms. The molecule has 96 valence electrons. The van der Waals surface area contributed by atoms with Crippen LogP contribution >= 0.6 is 15.9 Å². The van der Waals surface area contributed by atoms with Crippen molar-refractivity contribution >= 4 is 21.7 Å². The van der Waals surface area contributed by atoms with Crippen molar-refractivity contribution in [2.45, 2.75) is 12.8 Å². The van der Waals surface area contributed by atoms with Crippen molar-refractivity contribution in [1.82, 2.24) is 0 Å². The summed E-state index contributed by atoms with van der Waals surface area (Å²) in [6.07, 6.45) is 1.30. The summed E-state index contributed by atoms with van der Waals surface area (Å²) in [7, 11) is 0. The van der Waals surface area contributed by atoms with Crippen molar-refractivity contribution in [2.24, 2.45) is 0 Å². The van der Waals surface area contributed by atoms with Gasteiger partial charge < -0.3 is 4.74 Å². The minimum Gasteiger partial charge on any atom is -0.492 e. The molecule has 0 saturated heterocycles. The van der Waals surface area contributed by atoms with Crippen LogP contribution in [0.2, 0.25) is 0 Å². The summed E-state index contributed by atoms with van der Waals surface area (Å²) in [5, 5.41) is 0. The number of hydrogen-bond donors (Lipinski definition) is 0. The van der Waals surface area contributed by atoms with E-state index >= 15 is 0 Å². The van der Waals surface area contributed by atoms with Crippen LogP contribution in [-0.4, -0.2) is 12.4 Å². The minimum absolute atomic E-state index is 0.108. The van der Waals surface area contributed by atoms with E-state index in [1.807, 2.05) is 42.5 Å². The van der Waals surface area contributed by atoms with Gasteiger partial charge >= 0.3 is 0 Å². The first-order valence-electron chi connectivity index (χ1n) is 6.26. The van der Waals surface area contributed by atoms with Crippen LogP contribution in [0.5, 0.6) is 5.75 Å². The Kier molecular flexibility index (Phi) is 3.38. The molecule has 2 nitrogen and oxygen atoms in total. The standard InChI is InChI=1S/C16H13BrO2/c17-13-5-1-3-11(9-13)10-15(18)14-6-2-4-12-7-8-19-16(12)14/h1-6,9H,7-8,10H2. The Morgan fingerprint density at radius 3 is 2.89 bits per heavy atom. The lowest BCUT2D eigenvalue weighted by Crippen LogP contribution is -2.05. The molecule has 3 rings (SSSR count). The number of halogens is 1. The summed E-state index contributed by atoms with van der Waals surface area (Å²) in [4.78, 5) is 12.4. The van der Waals surface area contributed by atoms with Gasteiger partial charge in [0.05, 0.1) is 12.2 Å². The maximum absolute atomic E-state index is 12.4. The van der Waals surface area contributed by atoms with Gasteiger partial charge in [0.1, 0.15) is 5.75 Å². The van der Waals surface area contributed by atoms with Crippen molar-refractivity contribution in [3.05, 3.63) is 63.6 Å². The van der Waals surface area contributed by atoms with Gasteiger partial charge in [-0.05, 0) is 29.3 Å².